The van der Waals surface area contributed by atoms with Gasteiger partial charge >= 0.3 is 0 Å². The Balaban J connectivity index is 1.76. The van der Waals surface area contributed by atoms with Crippen molar-refractivity contribution in [3.63, 3.8) is 0 Å². The number of imidazole rings is 1. The summed E-state index contributed by atoms with van der Waals surface area (Å²) in [6.07, 6.45) is 3.77. The summed E-state index contributed by atoms with van der Waals surface area (Å²) in [5, 5.41) is 3.14. The average Bonchev–Trinajstić information content (AvgIpc) is 3.00. The van der Waals surface area contributed by atoms with Gasteiger partial charge in [0.1, 0.15) is 5.65 Å². The lowest BCUT2D eigenvalue weighted by atomic mass is 10.2. The summed E-state index contributed by atoms with van der Waals surface area (Å²) in [4.78, 5) is 16.9. The number of nitrogens with zero attached hydrogens (tertiary/aromatic N) is 2. The van der Waals surface area contributed by atoms with E-state index in [1.807, 2.05) is 28.9 Å². The van der Waals surface area contributed by atoms with Crippen molar-refractivity contribution in [2.24, 2.45) is 0 Å². The summed E-state index contributed by atoms with van der Waals surface area (Å²) < 4.78 is 13.2. The molecule has 1 N–H and O–H groups in total. The van der Waals surface area contributed by atoms with Crippen molar-refractivity contribution in [1.29, 1.82) is 0 Å². The molecule has 25 heavy (non-hydrogen) atoms. The van der Waals surface area contributed by atoms with Gasteiger partial charge in [0.2, 0.25) is 0 Å². The number of ether oxygens (including phenoxy) is 2. The third kappa shape index (κ3) is 3.72. The minimum atomic E-state index is -0.277. The summed E-state index contributed by atoms with van der Waals surface area (Å²) in [6.45, 7) is 0.296. The fraction of sp³-hybridized carbons (Fsp3) is 0.176. The highest BCUT2D eigenvalue weighted by Gasteiger charge is 2.15. The van der Waals surface area contributed by atoms with E-state index in [-0.39, 0.29) is 5.91 Å². The number of amides is 1. The monoisotopic (exact) mass is 423 g/mol. The predicted molar refractivity (Wildman–Crippen MR) is 98.6 cm³/mol. The summed E-state index contributed by atoms with van der Waals surface area (Å²) in [5.41, 5.74) is 1.94. The maximum atomic E-state index is 12.4. The van der Waals surface area contributed by atoms with Crippen molar-refractivity contribution in [1.82, 2.24) is 14.7 Å². The molecule has 0 aliphatic carbocycles. The van der Waals surface area contributed by atoms with Crippen LogP contribution in [0.2, 0.25) is 5.02 Å². The molecule has 0 saturated carbocycles. The summed E-state index contributed by atoms with van der Waals surface area (Å²) in [7, 11) is 2.98. The Hall–Kier alpha value is -2.25. The van der Waals surface area contributed by atoms with Crippen molar-refractivity contribution in [3.8, 4) is 11.5 Å². The van der Waals surface area contributed by atoms with E-state index in [1.54, 1.807) is 12.1 Å². The van der Waals surface area contributed by atoms with Crippen LogP contribution >= 0.6 is 27.5 Å². The largest absolute Gasteiger partial charge is 0.493 e. The molecule has 8 heteroatoms. The van der Waals surface area contributed by atoms with E-state index in [4.69, 9.17) is 21.1 Å². The molecule has 3 rings (SSSR count). The first-order chi connectivity index (χ1) is 12.0. The van der Waals surface area contributed by atoms with Gasteiger partial charge in [-0.1, -0.05) is 11.6 Å². The van der Waals surface area contributed by atoms with Gasteiger partial charge in [-0.3, -0.25) is 4.79 Å². The number of aromatic nitrogens is 2. The highest BCUT2D eigenvalue weighted by atomic mass is 79.9. The molecular weight excluding hydrogens is 410 g/mol. The Kier molecular flexibility index (Phi) is 5.15. The van der Waals surface area contributed by atoms with Crippen LogP contribution in [0.4, 0.5) is 0 Å². The topological polar surface area (TPSA) is 64.9 Å². The van der Waals surface area contributed by atoms with Gasteiger partial charge in [-0.15, -0.1) is 0 Å². The van der Waals surface area contributed by atoms with Crippen LogP contribution in [0.1, 0.15) is 16.1 Å². The van der Waals surface area contributed by atoms with Gasteiger partial charge in [-0.05, 0) is 40.2 Å². The molecule has 0 spiro atoms. The molecule has 2 aromatic heterocycles. The van der Waals surface area contributed by atoms with E-state index >= 15 is 0 Å². The van der Waals surface area contributed by atoms with Crippen LogP contribution in [0.25, 0.3) is 5.65 Å². The van der Waals surface area contributed by atoms with Gasteiger partial charge < -0.3 is 19.2 Å². The zero-order valence-corrected chi connectivity index (χ0v) is 15.9. The number of rotatable bonds is 5. The lowest BCUT2D eigenvalue weighted by molar-refractivity contribution is 0.0950. The minimum Gasteiger partial charge on any atom is -0.493 e. The Morgan fingerprint density at radius 1 is 1.28 bits per heavy atom. The molecule has 3 aromatic rings. The zero-order chi connectivity index (χ0) is 18.0. The number of halogens is 2. The number of pyridine rings is 1. The Bertz CT molecular complexity index is 942. The van der Waals surface area contributed by atoms with E-state index in [1.165, 1.54) is 14.2 Å². The lowest BCUT2D eigenvalue weighted by Gasteiger charge is -2.11. The van der Waals surface area contributed by atoms with Crippen molar-refractivity contribution in [2.75, 3.05) is 14.2 Å². The number of carbonyl (C=O) groups excluding carboxylic acids is 1. The molecule has 0 fully saturated rings. The molecule has 0 radical (unpaired) electrons. The maximum Gasteiger partial charge on any atom is 0.251 e. The normalized spacial score (nSPS) is 10.7. The number of methoxy groups -OCH3 is 2. The van der Waals surface area contributed by atoms with Gasteiger partial charge in [-0.2, -0.15) is 0 Å². The molecule has 130 valence electrons. The third-order valence-corrected chi connectivity index (χ3v) is 4.34. The van der Waals surface area contributed by atoms with Crippen molar-refractivity contribution in [3.05, 3.63) is 57.4 Å². The third-order valence-electron chi connectivity index (χ3n) is 3.59. The minimum absolute atomic E-state index is 0.277. The first-order valence-electron chi connectivity index (χ1n) is 7.34. The summed E-state index contributed by atoms with van der Waals surface area (Å²) in [6, 6.07) is 6.93. The Labute approximate surface area is 157 Å². The lowest BCUT2D eigenvalue weighted by Crippen LogP contribution is -2.23. The van der Waals surface area contributed by atoms with Crippen molar-refractivity contribution >= 4 is 39.1 Å². The van der Waals surface area contributed by atoms with Crippen LogP contribution in [0.15, 0.2) is 41.1 Å². The van der Waals surface area contributed by atoms with Crippen LogP contribution in [-0.2, 0) is 6.54 Å². The number of hydrogen-bond donors (Lipinski definition) is 1. The second-order valence-corrected chi connectivity index (χ2v) is 6.54. The first kappa shape index (κ1) is 17.6. The number of benzene rings is 1. The van der Waals surface area contributed by atoms with Crippen LogP contribution in [0.3, 0.4) is 0 Å². The van der Waals surface area contributed by atoms with Gasteiger partial charge in [0.05, 0.1) is 31.5 Å². The molecule has 0 saturated heterocycles. The van der Waals surface area contributed by atoms with E-state index in [0.29, 0.717) is 28.6 Å². The first-order valence-corrected chi connectivity index (χ1v) is 8.51. The van der Waals surface area contributed by atoms with Crippen LogP contribution in [-0.4, -0.2) is 29.5 Å². The van der Waals surface area contributed by atoms with E-state index in [2.05, 4.69) is 26.2 Å². The van der Waals surface area contributed by atoms with Crippen molar-refractivity contribution < 1.29 is 14.3 Å². The molecule has 6 nitrogen and oxygen atoms in total. The van der Waals surface area contributed by atoms with E-state index < -0.39 is 0 Å². The summed E-state index contributed by atoms with van der Waals surface area (Å²) in [5.74, 6) is 0.519. The Morgan fingerprint density at radius 3 is 2.80 bits per heavy atom. The van der Waals surface area contributed by atoms with Gasteiger partial charge in [-0.25, -0.2) is 4.98 Å². The number of carbonyl (C=O) groups is 1. The highest BCUT2D eigenvalue weighted by molar-refractivity contribution is 9.10. The number of fused-ring (bicyclic) bond motifs is 1. The smallest absolute Gasteiger partial charge is 0.251 e. The molecule has 0 unspecified atom stereocenters. The average molecular weight is 425 g/mol. The van der Waals surface area contributed by atoms with Crippen LogP contribution in [0, 0.1) is 0 Å². The Morgan fingerprint density at radius 2 is 2.08 bits per heavy atom. The van der Waals surface area contributed by atoms with Crippen LogP contribution in [0.5, 0.6) is 11.5 Å². The fourth-order valence-electron chi connectivity index (χ4n) is 2.42. The molecule has 1 amide bonds. The van der Waals surface area contributed by atoms with Crippen molar-refractivity contribution in [2.45, 2.75) is 6.54 Å². The molecule has 1 aromatic carbocycles. The zero-order valence-electron chi connectivity index (χ0n) is 13.5. The van der Waals surface area contributed by atoms with Crippen LogP contribution < -0.4 is 14.8 Å². The van der Waals surface area contributed by atoms with E-state index in [0.717, 1.165) is 15.8 Å². The molecular formula is C17H15BrClN3O3. The molecule has 0 atom stereocenters. The van der Waals surface area contributed by atoms with Gasteiger partial charge in [0, 0.05) is 22.4 Å². The molecule has 0 aliphatic rings. The molecule has 0 bridgehead atoms. The van der Waals surface area contributed by atoms with E-state index in [9.17, 15) is 4.79 Å². The second kappa shape index (κ2) is 7.33. The highest BCUT2D eigenvalue weighted by Crippen LogP contribution is 2.35. The quantitative estimate of drug-likeness (QED) is 0.678. The van der Waals surface area contributed by atoms with Gasteiger partial charge in [0.15, 0.2) is 11.5 Å². The fourth-order valence-corrected chi connectivity index (χ4v) is 3.06. The number of hydrogen-bond acceptors (Lipinski definition) is 4. The SMILES string of the molecule is COc1cc(C(=O)NCc2cn3cc(Br)ccc3n2)cc(Cl)c1OC. The molecule has 0 aliphatic heterocycles. The standard InChI is InChI=1S/C17H15BrClN3O3/c1-24-14-6-10(5-13(19)16(14)25-2)17(23)20-7-12-9-22-8-11(18)3-4-15(22)21-12/h3-6,8-9H,7H2,1-2H3,(H,20,23). The maximum absolute atomic E-state index is 12.4. The van der Waals surface area contributed by atoms with Gasteiger partial charge in [0.25, 0.3) is 5.91 Å². The second-order valence-electron chi connectivity index (χ2n) is 5.22. The molecule has 2 heterocycles. The number of nitrogens with one attached hydrogen (secondary N) is 1. The predicted octanol–water partition coefficient (Wildman–Crippen LogP) is 3.70. The summed E-state index contributed by atoms with van der Waals surface area (Å²) >= 11 is 9.55.